The van der Waals surface area contributed by atoms with Crippen LogP contribution in [0.15, 0.2) is 48.4 Å². The van der Waals surface area contributed by atoms with Crippen LogP contribution in [0, 0.1) is 6.92 Å². The number of rotatable bonds is 13. The van der Waals surface area contributed by atoms with Gasteiger partial charge in [-0.2, -0.15) is 4.98 Å². The molecule has 5 amide bonds. The molecule has 5 aliphatic rings. The molecule has 3 saturated heterocycles. The largest absolute Gasteiger partial charge is 0.480 e. The Hall–Kier alpha value is -5.91. The van der Waals surface area contributed by atoms with Gasteiger partial charge in [0, 0.05) is 69.0 Å². The van der Waals surface area contributed by atoms with Gasteiger partial charge in [0.05, 0.1) is 29.5 Å². The van der Waals surface area contributed by atoms with Gasteiger partial charge < -0.3 is 30.3 Å². The van der Waals surface area contributed by atoms with E-state index in [0.717, 1.165) is 68.0 Å². The lowest BCUT2D eigenvalue weighted by Crippen LogP contribution is -2.62. The van der Waals surface area contributed by atoms with Crippen LogP contribution in [-0.4, -0.2) is 124 Å². The Morgan fingerprint density at radius 2 is 1.68 bits per heavy atom. The number of halogens is 1. The molecule has 1 aromatic heterocycles. The lowest BCUT2D eigenvalue weighted by Gasteiger charge is -2.52. The van der Waals surface area contributed by atoms with Crippen molar-refractivity contribution in [3.63, 3.8) is 0 Å². The van der Waals surface area contributed by atoms with E-state index in [9.17, 15) is 28.8 Å². The predicted octanol–water partition coefficient (Wildman–Crippen LogP) is 4.13. The standard InChI is InChI=1S/C45H52ClN9O8/c1-24-5-6-29(15-28(24)16-38(27(4)56)62-23-39(47)57)49-41-36(46)20-48-45(51-41)52-13-11-32(12-14-52)63-33-17-31(18-33)53-21-25(2)54(26(3)22-53)30-7-8-34-35(19-30)44(61)55(43(34)60)37-9-10-40(58)50-42(37)59/h5-8,15-16,19-20,25-26,31-33,37H,9-14,17-18,21-23H2,1-4H3,(H2,47,57)(H,48,49,51)(H,50,58,59)/b38-16+/t25-,26+,31?,33?,37?. The van der Waals surface area contributed by atoms with Gasteiger partial charge in [0.15, 0.2) is 24.0 Å². The first kappa shape index (κ1) is 43.7. The molecule has 4 fully saturated rings. The molecule has 3 aromatic rings. The fraction of sp³-hybridized carbons (Fsp3) is 0.467. The third kappa shape index (κ3) is 9.26. The SMILES string of the molecule is CC(=O)/C(=C\c1cc(Nc2nc(N3CCC(OC4CC(N5C[C@@H](C)N(c6ccc7c(c6)C(=O)N(C6CCC(=O)NC6=O)C7=O)[C@@H](C)C5)C4)CC3)ncc2Cl)ccc1C)OCC(N)=O. The summed E-state index contributed by atoms with van der Waals surface area (Å²) in [6, 6.07) is 10.7. The third-order valence-corrected chi connectivity index (χ3v) is 12.9. The van der Waals surface area contributed by atoms with Crippen LogP contribution >= 0.6 is 11.6 Å². The Balaban J connectivity index is 0.813. The number of hydrogen-bond donors (Lipinski definition) is 3. The molecule has 8 rings (SSSR count). The second kappa shape index (κ2) is 18.1. The summed E-state index contributed by atoms with van der Waals surface area (Å²) in [5.41, 5.74) is 8.91. The van der Waals surface area contributed by atoms with Crippen LogP contribution < -0.4 is 26.2 Å². The van der Waals surface area contributed by atoms with E-state index in [2.05, 4.69) is 44.2 Å². The van der Waals surface area contributed by atoms with Crippen LogP contribution in [0.3, 0.4) is 0 Å². The second-order valence-corrected chi connectivity index (χ2v) is 17.6. The number of aromatic nitrogens is 2. The maximum Gasteiger partial charge on any atom is 0.262 e. The summed E-state index contributed by atoms with van der Waals surface area (Å²) in [5, 5.41) is 5.88. The number of primary amides is 1. The van der Waals surface area contributed by atoms with Gasteiger partial charge in [0.25, 0.3) is 17.7 Å². The quantitative estimate of drug-likeness (QED) is 0.125. The van der Waals surface area contributed by atoms with Crippen molar-refractivity contribution >= 4 is 76.1 Å². The highest BCUT2D eigenvalue weighted by molar-refractivity contribution is 6.33. The number of anilines is 4. The lowest BCUT2D eigenvalue weighted by molar-refractivity contribution is -0.136. The number of allylic oxidation sites excluding steroid dienone is 1. The molecule has 4 aliphatic heterocycles. The number of carbonyl (C=O) groups is 6. The van der Waals surface area contributed by atoms with Crippen molar-refractivity contribution in [3.05, 3.63) is 75.6 Å². The number of carbonyl (C=O) groups excluding carboxylic acids is 6. The molecule has 1 unspecified atom stereocenters. The summed E-state index contributed by atoms with van der Waals surface area (Å²) in [5.74, 6) is -2.01. The molecule has 3 atom stereocenters. The van der Waals surface area contributed by atoms with E-state index in [4.69, 9.17) is 31.8 Å². The van der Waals surface area contributed by atoms with Gasteiger partial charge in [-0.1, -0.05) is 17.7 Å². The van der Waals surface area contributed by atoms with Crippen LogP contribution in [0.25, 0.3) is 6.08 Å². The van der Waals surface area contributed by atoms with Crippen molar-refractivity contribution in [2.75, 3.05) is 47.9 Å². The third-order valence-electron chi connectivity index (χ3n) is 12.6. The van der Waals surface area contributed by atoms with E-state index < -0.39 is 42.2 Å². The number of hydrogen-bond acceptors (Lipinski definition) is 14. The van der Waals surface area contributed by atoms with Gasteiger partial charge in [-0.25, -0.2) is 4.98 Å². The number of ketones is 1. The van der Waals surface area contributed by atoms with Crippen LogP contribution in [0.2, 0.25) is 5.02 Å². The van der Waals surface area contributed by atoms with Crippen LogP contribution in [0.4, 0.5) is 23.1 Å². The minimum Gasteiger partial charge on any atom is -0.480 e. The summed E-state index contributed by atoms with van der Waals surface area (Å²) in [6.45, 7) is 10.4. The number of piperazine rings is 1. The number of benzene rings is 2. The van der Waals surface area contributed by atoms with E-state index >= 15 is 0 Å². The Kier molecular flexibility index (Phi) is 12.5. The number of nitrogens with zero attached hydrogens (tertiary/aromatic N) is 6. The number of imide groups is 2. The zero-order valence-electron chi connectivity index (χ0n) is 35.8. The highest BCUT2D eigenvalue weighted by atomic mass is 35.5. The Labute approximate surface area is 370 Å². The number of amides is 5. The van der Waals surface area contributed by atoms with E-state index in [-0.39, 0.29) is 59.8 Å². The van der Waals surface area contributed by atoms with Crippen LogP contribution in [0.1, 0.15) is 91.1 Å². The molecule has 2 aromatic carbocycles. The van der Waals surface area contributed by atoms with Crippen molar-refractivity contribution in [2.24, 2.45) is 5.73 Å². The molecule has 0 radical (unpaired) electrons. The van der Waals surface area contributed by atoms with Gasteiger partial charge in [-0.3, -0.25) is 43.9 Å². The fourth-order valence-corrected chi connectivity index (χ4v) is 9.48. The Morgan fingerprint density at radius 3 is 2.37 bits per heavy atom. The summed E-state index contributed by atoms with van der Waals surface area (Å²) >= 11 is 6.54. The zero-order chi connectivity index (χ0) is 44.7. The first-order chi connectivity index (χ1) is 30.1. The predicted molar refractivity (Wildman–Crippen MR) is 235 cm³/mol. The zero-order valence-corrected chi connectivity index (χ0v) is 36.5. The number of aryl methyl sites for hydroxylation is 1. The average molecular weight is 882 g/mol. The highest BCUT2D eigenvalue weighted by Crippen LogP contribution is 2.37. The van der Waals surface area contributed by atoms with Crippen molar-refractivity contribution in [1.82, 2.24) is 25.1 Å². The van der Waals surface area contributed by atoms with Crippen molar-refractivity contribution < 1.29 is 38.2 Å². The average Bonchev–Trinajstić information content (AvgIpc) is 3.47. The molecular weight excluding hydrogens is 830 g/mol. The van der Waals surface area contributed by atoms with Gasteiger partial charge in [0.2, 0.25) is 17.8 Å². The first-order valence-corrected chi connectivity index (χ1v) is 21.8. The normalized spacial score (nSPS) is 24.6. The Bertz CT molecular complexity index is 2370. The number of ether oxygens (including phenoxy) is 2. The smallest absolute Gasteiger partial charge is 0.262 e. The molecule has 1 saturated carbocycles. The second-order valence-electron chi connectivity index (χ2n) is 17.2. The molecule has 17 nitrogen and oxygen atoms in total. The molecule has 4 N–H and O–H groups in total. The first-order valence-electron chi connectivity index (χ1n) is 21.5. The van der Waals surface area contributed by atoms with E-state index in [1.807, 2.05) is 31.2 Å². The van der Waals surface area contributed by atoms with Gasteiger partial charge in [0.1, 0.15) is 11.1 Å². The number of piperidine rings is 2. The topological polar surface area (TPSA) is 210 Å². The molecule has 5 heterocycles. The van der Waals surface area contributed by atoms with Gasteiger partial charge >= 0.3 is 0 Å². The lowest BCUT2D eigenvalue weighted by atomic mass is 9.86. The minimum atomic E-state index is -0.995. The molecule has 63 heavy (non-hydrogen) atoms. The van der Waals surface area contributed by atoms with Crippen LogP contribution in [-0.2, 0) is 28.7 Å². The number of fused-ring (bicyclic) bond motifs is 1. The fourth-order valence-electron chi connectivity index (χ4n) is 9.34. The molecule has 18 heteroatoms. The summed E-state index contributed by atoms with van der Waals surface area (Å²) < 4.78 is 11.9. The maximum absolute atomic E-state index is 13.5. The van der Waals surface area contributed by atoms with Gasteiger partial charge in [-0.05, 0) is 100 Å². The van der Waals surface area contributed by atoms with Gasteiger partial charge in [-0.15, -0.1) is 0 Å². The molecular formula is C45H52ClN9O8. The molecule has 0 bridgehead atoms. The monoisotopic (exact) mass is 881 g/mol. The maximum atomic E-state index is 13.5. The summed E-state index contributed by atoms with van der Waals surface area (Å²) in [7, 11) is 0. The minimum absolute atomic E-state index is 0.0269. The molecule has 332 valence electrons. The van der Waals surface area contributed by atoms with E-state index in [0.29, 0.717) is 34.1 Å². The number of Topliss-reactive ketones (excluding diaryl/α,β-unsaturated/α-hetero) is 1. The number of nitrogens with two attached hydrogens (primary N) is 1. The van der Waals surface area contributed by atoms with E-state index in [1.54, 1.807) is 24.4 Å². The summed E-state index contributed by atoms with van der Waals surface area (Å²) in [6.07, 6.45) is 7.30. The van der Waals surface area contributed by atoms with Crippen molar-refractivity contribution in [1.29, 1.82) is 0 Å². The van der Waals surface area contributed by atoms with Crippen LogP contribution in [0.5, 0.6) is 0 Å². The highest BCUT2D eigenvalue weighted by Gasteiger charge is 2.46. The number of nitrogens with one attached hydrogen (secondary N) is 2. The molecule has 0 spiro atoms. The molecule has 1 aliphatic carbocycles. The van der Waals surface area contributed by atoms with Crippen molar-refractivity contribution in [2.45, 2.75) is 103 Å². The Morgan fingerprint density at radius 1 is 0.968 bits per heavy atom. The van der Waals surface area contributed by atoms with Crippen molar-refractivity contribution in [3.8, 4) is 0 Å². The van der Waals surface area contributed by atoms with E-state index in [1.165, 1.54) is 6.92 Å². The summed E-state index contributed by atoms with van der Waals surface area (Å²) in [4.78, 5) is 91.6.